The van der Waals surface area contributed by atoms with Crippen molar-refractivity contribution in [2.24, 2.45) is 14.1 Å². The molecule has 0 bridgehead atoms. The van der Waals surface area contributed by atoms with Gasteiger partial charge in [-0.25, -0.2) is 4.79 Å². The van der Waals surface area contributed by atoms with E-state index in [1.807, 2.05) is 72.8 Å². The van der Waals surface area contributed by atoms with Crippen LogP contribution in [0.5, 0.6) is 5.75 Å². The number of fused-ring (bicyclic) bond motifs is 5. The second-order valence-electron chi connectivity index (χ2n) is 8.85. The minimum absolute atomic E-state index is 0.317. The molecule has 36 heavy (non-hydrogen) atoms. The van der Waals surface area contributed by atoms with E-state index in [2.05, 4.69) is 25.8 Å². The molecule has 8 heteroatoms. The molecule has 3 heterocycles. The number of para-hydroxylation sites is 2. The van der Waals surface area contributed by atoms with E-state index >= 15 is 0 Å². The lowest BCUT2D eigenvalue weighted by atomic mass is 9.99. The van der Waals surface area contributed by atoms with E-state index in [4.69, 9.17) is 4.74 Å². The van der Waals surface area contributed by atoms with Crippen LogP contribution < -0.4 is 21.3 Å². The summed E-state index contributed by atoms with van der Waals surface area (Å²) in [5, 5.41) is 4.16. The van der Waals surface area contributed by atoms with Crippen molar-refractivity contribution in [3.05, 3.63) is 109 Å². The number of benzene rings is 3. The van der Waals surface area contributed by atoms with Gasteiger partial charge < -0.3 is 14.6 Å². The minimum atomic E-state index is -0.369. The molecule has 0 unspecified atom stereocenters. The highest BCUT2D eigenvalue weighted by molar-refractivity contribution is 9.10. The Morgan fingerprint density at radius 3 is 2.31 bits per heavy atom. The van der Waals surface area contributed by atoms with Crippen LogP contribution in [0.25, 0.3) is 27.8 Å². The van der Waals surface area contributed by atoms with Gasteiger partial charge in [-0.05, 0) is 35.9 Å². The fourth-order valence-electron chi connectivity index (χ4n) is 5.17. The molecule has 1 N–H and O–H groups in total. The number of anilines is 1. The maximum Gasteiger partial charge on any atom is 0.331 e. The third-order valence-corrected chi connectivity index (χ3v) is 7.60. The van der Waals surface area contributed by atoms with Gasteiger partial charge in [0.05, 0.1) is 46.8 Å². The van der Waals surface area contributed by atoms with Crippen LogP contribution in [0.3, 0.4) is 0 Å². The van der Waals surface area contributed by atoms with Crippen LogP contribution in [-0.2, 0) is 14.1 Å². The highest BCUT2D eigenvalue weighted by Gasteiger charge is 2.35. The number of nitrogens with zero attached hydrogens (tertiary/aromatic N) is 3. The van der Waals surface area contributed by atoms with E-state index in [1.165, 1.54) is 11.6 Å². The van der Waals surface area contributed by atoms with Crippen molar-refractivity contribution in [2.45, 2.75) is 6.04 Å². The summed E-state index contributed by atoms with van der Waals surface area (Å²) in [6, 6.07) is 23.4. The van der Waals surface area contributed by atoms with Crippen molar-refractivity contribution < 1.29 is 4.74 Å². The second kappa shape index (κ2) is 8.27. The first-order valence-electron chi connectivity index (χ1n) is 11.5. The average molecular weight is 543 g/mol. The summed E-state index contributed by atoms with van der Waals surface area (Å²) in [6.07, 6.45) is 0. The number of rotatable bonds is 3. The molecule has 0 saturated heterocycles. The zero-order valence-electron chi connectivity index (χ0n) is 19.9. The molecule has 0 aliphatic carbocycles. The molecule has 0 saturated carbocycles. The van der Waals surface area contributed by atoms with Gasteiger partial charge in [-0.15, -0.1) is 0 Å². The number of aromatic nitrogens is 3. The molecule has 1 aliphatic rings. The standard InChI is InChI=1S/C28H23BrN4O3/c1-31-25-22(27(34)32(2)28(31)35)24(18-8-4-5-9-19(18)29)33-21-11-7-6-10-20(21)30-23(26(25)33)16-12-14-17(36-3)15-13-16/h4-15,23,30H,1-3H3/t23-/m1/s1. The molecule has 5 aromatic rings. The minimum Gasteiger partial charge on any atom is -0.497 e. The monoisotopic (exact) mass is 542 g/mol. The van der Waals surface area contributed by atoms with E-state index in [1.54, 1.807) is 18.7 Å². The van der Waals surface area contributed by atoms with Crippen molar-refractivity contribution in [3.8, 4) is 22.7 Å². The molecule has 0 fully saturated rings. The number of hydrogen-bond donors (Lipinski definition) is 1. The number of hydrogen-bond acceptors (Lipinski definition) is 4. The van der Waals surface area contributed by atoms with Gasteiger partial charge in [-0.2, -0.15) is 0 Å². The lowest BCUT2D eigenvalue weighted by Gasteiger charge is -2.31. The molecule has 0 amide bonds. The lowest BCUT2D eigenvalue weighted by Crippen LogP contribution is -2.37. The Labute approximate surface area is 215 Å². The second-order valence-corrected chi connectivity index (χ2v) is 9.70. The van der Waals surface area contributed by atoms with Gasteiger partial charge in [-0.3, -0.25) is 13.9 Å². The summed E-state index contributed by atoms with van der Waals surface area (Å²) in [4.78, 5) is 26.9. The van der Waals surface area contributed by atoms with Crippen LogP contribution in [0, 0.1) is 0 Å². The van der Waals surface area contributed by atoms with Gasteiger partial charge in [0.15, 0.2) is 0 Å². The Morgan fingerprint density at radius 2 is 1.58 bits per heavy atom. The van der Waals surface area contributed by atoms with Gasteiger partial charge in [0.2, 0.25) is 0 Å². The predicted molar refractivity (Wildman–Crippen MR) is 145 cm³/mol. The zero-order chi connectivity index (χ0) is 25.1. The number of methoxy groups -OCH3 is 1. The molecule has 3 aromatic carbocycles. The first-order chi connectivity index (χ1) is 17.4. The van der Waals surface area contributed by atoms with Crippen LogP contribution in [-0.4, -0.2) is 20.8 Å². The van der Waals surface area contributed by atoms with Crippen molar-refractivity contribution >= 4 is 32.5 Å². The molecule has 6 rings (SSSR count). The highest BCUT2D eigenvalue weighted by atomic mass is 79.9. The van der Waals surface area contributed by atoms with Gasteiger partial charge in [0.25, 0.3) is 5.56 Å². The Kier molecular flexibility index (Phi) is 5.15. The van der Waals surface area contributed by atoms with E-state index in [0.29, 0.717) is 10.9 Å². The maximum atomic E-state index is 13.7. The summed E-state index contributed by atoms with van der Waals surface area (Å²) in [5.74, 6) is 0.755. The van der Waals surface area contributed by atoms with Gasteiger partial charge in [-0.1, -0.05) is 58.4 Å². The predicted octanol–water partition coefficient (Wildman–Crippen LogP) is 4.98. The topological polar surface area (TPSA) is 70.2 Å². The van der Waals surface area contributed by atoms with E-state index < -0.39 is 0 Å². The fourth-order valence-corrected chi connectivity index (χ4v) is 5.64. The quantitative estimate of drug-likeness (QED) is 0.349. The third-order valence-electron chi connectivity index (χ3n) is 6.90. The van der Waals surface area contributed by atoms with E-state index in [-0.39, 0.29) is 17.3 Å². The van der Waals surface area contributed by atoms with Crippen LogP contribution in [0.4, 0.5) is 5.69 Å². The summed E-state index contributed by atoms with van der Waals surface area (Å²) >= 11 is 3.70. The van der Waals surface area contributed by atoms with Crippen molar-refractivity contribution in [2.75, 3.05) is 12.4 Å². The van der Waals surface area contributed by atoms with Crippen molar-refractivity contribution in [1.82, 2.24) is 13.7 Å². The third kappa shape index (κ3) is 3.10. The molecular formula is C28H23BrN4O3. The summed E-state index contributed by atoms with van der Waals surface area (Å²) in [6.45, 7) is 0. The van der Waals surface area contributed by atoms with E-state index in [9.17, 15) is 9.59 Å². The highest BCUT2D eigenvalue weighted by Crippen LogP contribution is 2.46. The van der Waals surface area contributed by atoms with Crippen LogP contribution in [0.2, 0.25) is 0 Å². The lowest BCUT2D eigenvalue weighted by molar-refractivity contribution is 0.414. The first kappa shape index (κ1) is 22.4. The Bertz CT molecular complexity index is 1780. The smallest absolute Gasteiger partial charge is 0.331 e. The molecule has 7 nitrogen and oxygen atoms in total. The zero-order valence-corrected chi connectivity index (χ0v) is 21.5. The van der Waals surface area contributed by atoms with Crippen LogP contribution >= 0.6 is 15.9 Å². The fraction of sp³-hybridized carbons (Fsp3) is 0.143. The number of halogens is 1. The van der Waals surface area contributed by atoms with Crippen LogP contribution in [0.1, 0.15) is 17.3 Å². The van der Waals surface area contributed by atoms with E-state index in [0.717, 1.165) is 44.1 Å². The molecule has 0 spiro atoms. The van der Waals surface area contributed by atoms with Crippen LogP contribution in [0.15, 0.2) is 86.9 Å². The normalized spacial score (nSPS) is 14.3. The number of nitrogens with one attached hydrogen (secondary N) is 1. The van der Waals surface area contributed by atoms with Crippen molar-refractivity contribution in [1.29, 1.82) is 0 Å². The summed E-state index contributed by atoms with van der Waals surface area (Å²) in [5.41, 5.74) is 5.19. The summed E-state index contributed by atoms with van der Waals surface area (Å²) < 4.78 is 11.1. The Balaban J connectivity index is 1.84. The Morgan fingerprint density at radius 1 is 0.889 bits per heavy atom. The van der Waals surface area contributed by atoms with Crippen molar-refractivity contribution in [3.63, 3.8) is 0 Å². The van der Waals surface area contributed by atoms with Gasteiger partial charge in [0, 0.05) is 24.1 Å². The number of ether oxygens (including phenoxy) is 1. The first-order valence-corrected chi connectivity index (χ1v) is 12.3. The molecular weight excluding hydrogens is 520 g/mol. The SMILES string of the molecule is COc1ccc([C@H]2Nc3ccccc3-n3c(-c4ccccc4Br)c4c(=O)n(C)c(=O)n(C)c4c32)cc1. The number of aryl methyl sites for hydroxylation is 1. The molecule has 1 atom stereocenters. The molecule has 2 aromatic heterocycles. The maximum absolute atomic E-state index is 13.7. The largest absolute Gasteiger partial charge is 0.497 e. The Hall–Kier alpha value is -4.04. The van der Waals surface area contributed by atoms with Gasteiger partial charge >= 0.3 is 5.69 Å². The van der Waals surface area contributed by atoms with Gasteiger partial charge in [0.1, 0.15) is 5.75 Å². The molecule has 0 radical (unpaired) electrons. The molecule has 1 aliphatic heterocycles. The molecule has 180 valence electrons. The average Bonchev–Trinajstić information content (AvgIpc) is 3.27. The summed E-state index contributed by atoms with van der Waals surface area (Å²) in [7, 11) is 4.89.